The molecule has 2 aromatic carbocycles. The van der Waals surface area contributed by atoms with Gasteiger partial charge in [-0.3, -0.25) is 10.1 Å². The van der Waals surface area contributed by atoms with Gasteiger partial charge < -0.3 is 0 Å². The fourth-order valence-electron chi connectivity index (χ4n) is 1.75. The number of nitro benzene ring substituents is 1. The van der Waals surface area contributed by atoms with E-state index in [1.807, 2.05) is 18.2 Å². The van der Waals surface area contributed by atoms with Crippen LogP contribution in [0.25, 0.3) is 21.0 Å². The minimum atomic E-state index is -0.388. The van der Waals surface area contributed by atoms with Gasteiger partial charge in [-0.2, -0.15) is 0 Å². The molecule has 0 radical (unpaired) electrons. The number of hydrogen-bond donors (Lipinski definition) is 0. The first-order valence-corrected chi connectivity index (χ1v) is 5.33. The molecule has 0 unspecified atom stereocenters. The lowest BCUT2D eigenvalue weighted by atomic mass is 10.1. The molecule has 0 aliphatic carbocycles. The van der Waals surface area contributed by atoms with Crippen molar-refractivity contribution in [3.63, 3.8) is 0 Å². The van der Waals surface area contributed by atoms with Gasteiger partial charge in [0.15, 0.2) is 0 Å². The number of fused-ring (bicyclic) bond motifs is 3. The molecule has 0 atom stereocenters. The van der Waals surface area contributed by atoms with Crippen molar-refractivity contribution < 1.29 is 4.92 Å². The Labute approximate surface area is 93.6 Å². The number of hydrogen-bond acceptors (Lipinski definition) is 5. The lowest BCUT2D eigenvalue weighted by Crippen LogP contribution is -1.89. The second-order valence-electron chi connectivity index (χ2n) is 3.32. The van der Waals surface area contributed by atoms with Gasteiger partial charge in [0.05, 0.1) is 15.0 Å². The molecule has 0 aliphatic rings. The maximum absolute atomic E-state index is 10.9. The third-order valence-corrected chi connectivity index (χ3v) is 3.13. The summed E-state index contributed by atoms with van der Waals surface area (Å²) in [6.07, 6.45) is 0. The lowest BCUT2D eigenvalue weighted by molar-refractivity contribution is -0.383. The third-order valence-electron chi connectivity index (χ3n) is 2.44. The Kier molecular flexibility index (Phi) is 1.84. The highest BCUT2D eigenvalue weighted by atomic mass is 32.1. The molecule has 1 heterocycles. The van der Waals surface area contributed by atoms with E-state index in [1.54, 1.807) is 6.07 Å². The number of nitro groups is 1. The lowest BCUT2D eigenvalue weighted by Gasteiger charge is -1.98. The van der Waals surface area contributed by atoms with Crippen LogP contribution in [-0.4, -0.2) is 14.5 Å². The zero-order chi connectivity index (χ0) is 11.1. The van der Waals surface area contributed by atoms with Crippen molar-refractivity contribution in [2.45, 2.75) is 0 Å². The third kappa shape index (κ3) is 1.17. The van der Waals surface area contributed by atoms with Gasteiger partial charge >= 0.3 is 0 Å². The molecule has 0 N–H and O–H groups in total. The van der Waals surface area contributed by atoms with Gasteiger partial charge in [0.2, 0.25) is 0 Å². The SMILES string of the molecule is O=[N+]([O-])c1cccc2ccc3snnc3c12. The smallest absolute Gasteiger partial charge is 0.258 e. The second-order valence-corrected chi connectivity index (χ2v) is 4.10. The van der Waals surface area contributed by atoms with Crippen LogP contribution in [0.5, 0.6) is 0 Å². The molecule has 3 rings (SSSR count). The number of nitrogens with zero attached hydrogens (tertiary/aromatic N) is 3. The van der Waals surface area contributed by atoms with Gasteiger partial charge in [-0.05, 0) is 23.0 Å². The van der Waals surface area contributed by atoms with E-state index in [1.165, 1.54) is 17.6 Å². The van der Waals surface area contributed by atoms with Gasteiger partial charge in [-0.1, -0.05) is 22.7 Å². The summed E-state index contributed by atoms with van der Waals surface area (Å²) in [7, 11) is 0. The quantitative estimate of drug-likeness (QED) is 0.477. The van der Waals surface area contributed by atoms with Crippen molar-refractivity contribution in [1.82, 2.24) is 9.59 Å². The maximum Gasteiger partial charge on any atom is 0.279 e. The van der Waals surface area contributed by atoms with E-state index in [0.29, 0.717) is 10.9 Å². The topological polar surface area (TPSA) is 68.9 Å². The number of benzene rings is 2. The van der Waals surface area contributed by atoms with Gasteiger partial charge in [-0.25, -0.2) is 0 Å². The molecule has 6 heteroatoms. The average Bonchev–Trinajstić information content (AvgIpc) is 2.76. The summed E-state index contributed by atoms with van der Waals surface area (Å²) in [6.45, 7) is 0. The molecule has 0 spiro atoms. The van der Waals surface area contributed by atoms with Crippen molar-refractivity contribution in [1.29, 1.82) is 0 Å². The Morgan fingerprint density at radius 1 is 1.25 bits per heavy atom. The highest BCUT2D eigenvalue weighted by Crippen LogP contribution is 2.32. The van der Waals surface area contributed by atoms with Crippen molar-refractivity contribution >= 4 is 38.2 Å². The Morgan fingerprint density at radius 3 is 2.94 bits per heavy atom. The molecule has 0 amide bonds. The van der Waals surface area contributed by atoms with Crippen LogP contribution < -0.4 is 0 Å². The second kappa shape index (κ2) is 3.21. The van der Waals surface area contributed by atoms with Crippen molar-refractivity contribution in [3.8, 4) is 0 Å². The van der Waals surface area contributed by atoms with E-state index >= 15 is 0 Å². The zero-order valence-electron chi connectivity index (χ0n) is 7.95. The summed E-state index contributed by atoms with van der Waals surface area (Å²) in [6, 6.07) is 8.73. The van der Waals surface area contributed by atoms with Crippen LogP contribution in [-0.2, 0) is 0 Å². The predicted molar refractivity (Wildman–Crippen MR) is 61.6 cm³/mol. The molecule has 0 saturated heterocycles. The van der Waals surface area contributed by atoms with E-state index in [9.17, 15) is 10.1 Å². The summed E-state index contributed by atoms with van der Waals surface area (Å²) < 4.78 is 4.68. The number of rotatable bonds is 1. The van der Waals surface area contributed by atoms with E-state index < -0.39 is 0 Å². The van der Waals surface area contributed by atoms with Crippen LogP contribution in [0.2, 0.25) is 0 Å². The summed E-state index contributed by atoms with van der Waals surface area (Å²) in [5.74, 6) is 0. The Balaban J connectivity index is 2.59. The molecule has 78 valence electrons. The van der Waals surface area contributed by atoms with Gasteiger partial charge in [0.1, 0.15) is 5.52 Å². The summed E-state index contributed by atoms with van der Waals surface area (Å²) >= 11 is 1.24. The monoisotopic (exact) mass is 231 g/mol. The normalized spacial score (nSPS) is 11.0. The van der Waals surface area contributed by atoms with Crippen LogP contribution in [0.1, 0.15) is 0 Å². The molecule has 1 aromatic heterocycles. The van der Waals surface area contributed by atoms with E-state index in [2.05, 4.69) is 9.59 Å². The maximum atomic E-state index is 10.9. The summed E-state index contributed by atoms with van der Waals surface area (Å²) in [5, 5.41) is 16.3. The standard InChI is InChI=1S/C10H5N3O2S/c14-13(15)7-3-1-2-6-4-5-8-10(9(6)7)11-12-16-8/h1-5H. The van der Waals surface area contributed by atoms with Crippen molar-refractivity contribution in [2.24, 2.45) is 0 Å². The largest absolute Gasteiger partial charge is 0.279 e. The van der Waals surface area contributed by atoms with Crippen molar-refractivity contribution in [3.05, 3.63) is 40.4 Å². The molecule has 16 heavy (non-hydrogen) atoms. The summed E-state index contributed by atoms with van der Waals surface area (Å²) in [4.78, 5) is 10.6. The molecular weight excluding hydrogens is 226 g/mol. The average molecular weight is 231 g/mol. The van der Waals surface area contributed by atoms with Gasteiger partial charge in [-0.15, -0.1) is 5.10 Å². The first kappa shape index (κ1) is 9.17. The van der Waals surface area contributed by atoms with Gasteiger partial charge in [0.25, 0.3) is 5.69 Å². The highest BCUT2D eigenvalue weighted by Gasteiger charge is 2.15. The van der Waals surface area contributed by atoms with Crippen LogP contribution in [0.3, 0.4) is 0 Å². The van der Waals surface area contributed by atoms with Crippen molar-refractivity contribution in [2.75, 3.05) is 0 Å². The van der Waals surface area contributed by atoms with Gasteiger partial charge in [0, 0.05) is 6.07 Å². The molecular formula is C10H5N3O2S. The van der Waals surface area contributed by atoms with E-state index in [0.717, 1.165) is 10.1 Å². The molecule has 5 nitrogen and oxygen atoms in total. The van der Waals surface area contributed by atoms with E-state index in [4.69, 9.17) is 0 Å². The first-order valence-electron chi connectivity index (χ1n) is 4.55. The molecule has 0 saturated carbocycles. The molecule has 3 aromatic rings. The highest BCUT2D eigenvalue weighted by molar-refractivity contribution is 7.13. The van der Waals surface area contributed by atoms with Crippen LogP contribution in [0.4, 0.5) is 5.69 Å². The fourth-order valence-corrected chi connectivity index (χ4v) is 2.32. The minimum absolute atomic E-state index is 0.0794. The molecule has 0 aliphatic heterocycles. The Morgan fingerprint density at radius 2 is 2.12 bits per heavy atom. The van der Waals surface area contributed by atoms with Crippen LogP contribution in [0, 0.1) is 10.1 Å². The zero-order valence-corrected chi connectivity index (χ0v) is 8.77. The predicted octanol–water partition coefficient (Wildman–Crippen LogP) is 2.75. The fraction of sp³-hybridized carbons (Fsp3) is 0. The molecule has 0 fully saturated rings. The number of aromatic nitrogens is 2. The number of non-ortho nitro benzene ring substituents is 1. The Hall–Kier alpha value is -2.08. The van der Waals surface area contributed by atoms with Crippen LogP contribution in [0.15, 0.2) is 30.3 Å². The van der Waals surface area contributed by atoms with E-state index in [-0.39, 0.29) is 10.6 Å². The first-order chi connectivity index (χ1) is 7.77. The van der Waals surface area contributed by atoms with Crippen LogP contribution >= 0.6 is 11.5 Å². The minimum Gasteiger partial charge on any atom is -0.258 e. The Bertz CT molecular complexity index is 707. The summed E-state index contributed by atoms with van der Waals surface area (Å²) in [5.41, 5.74) is 0.686. The molecule has 0 bridgehead atoms.